The first-order valence-electron chi connectivity index (χ1n) is 6.11. The van der Waals surface area contributed by atoms with Crippen molar-refractivity contribution in [2.24, 2.45) is 0 Å². The molecule has 2 aromatic rings. The maximum absolute atomic E-state index is 12.1. The summed E-state index contributed by atoms with van der Waals surface area (Å²) in [5.74, 6) is -0.539. The van der Waals surface area contributed by atoms with Crippen molar-refractivity contribution in [3.63, 3.8) is 0 Å². The lowest BCUT2D eigenvalue weighted by molar-refractivity contribution is 0.0409. The number of hydrogen-bond donors (Lipinski definition) is 3. The molecular weight excluding hydrogens is 244 g/mol. The molecule has 19 heavy (non-hydrogen) atoms. The molecule has 0 saturated carbocycles. The van der Waals surface area contributed by atoms with Crippen molar-refractivity contribution in [2.75, 3.05) is 0 Å². The fraction of sp³-hybridized carbons (Fsp3) is 0.267. The fourth-order valence-electron chi connectivity index (χ4n) is 2.83. The van der Waals surface area contributed by atoms with Gasteiger partial charge in [0.25, 0.3) is 0 Å². The van der Waals surface area contributed by atoms with Crippen LogP contribution in [-0.2, 0) is 6.42 Å². The van der Waals surface area contributed by atoms with Crippen LogP contribution >= 0.6 is 0 Å². The van der Waals surface area contributed by atoms with E-state index in [0.29, 0.717) is 17.4 Å². The molecule has 0 fully saturated rings. The van der Waals surface area contributed by atoms with E-state index in [0.717, 1.165) is 0 Å². The smallest absolute Gasteiger partial charge is 0.169 e. The maximum Gasteiger partial charge on any atom is 0.169 e. The highest BCUT2D eigenvalue weighted by Crippen LogP contribution is 2.41. The second-order valence-corrected chi connectivity index (χ2v) is 5.41. The van der Waals surface area contributed by atoms with Crippen molar-refractivity contribution in [1.29, 1.82) is 0 Å². The van der Waals surface area contributed by atoms with Crippen molar-refractivity contribution >= 4 is 16.6 Å². The number of carbonyl (C=O) groups excluding carboxylic acids is 1. The predicted molar refractivity (Wildman–Crippen MR) is 70.6 cm³/mol. The first-order valence-corrected chi connectivity index (χ1v) is 6.11. The van der Waals surface area contributed by atoms with E-state index in [-0.39, 0.29) is 34.7 Å². The standard InChI is InChI=1S/C15H14O4/c1-15(19)6-9-5-8-3-2-4-10(16)12(8)14(18)13(9)11(17)7-15/h2-5,16,18-19H,6-7H2,1H3/t15-/m1/s1. The van der Waals surface area contributed by atoms with Gasteiger partial charge in [0.1, 0.15) is 11.5 Å². The Labute approximate surface area is 109 Å². The Hall–Kier alpha value is -2.07. The fourth-order valence-corrected chi connectivity index (χ4v) is 2.83. The number of hydrogen-bond acceptors (Lipinski definition) is 4. The zero-order chi connectivity index (χ0) is 13.8. The summed E-state index contributed by atoms with van der Waals surface area (Å²) in [6, 6.07) is 6.64. The van der Waals surface area contributed by atoms with Crippen LogP contribution in [0.25, 0.3) is 10.8 Å². The van der Waals surface area contributed by atoms with E-state index >= 15 is 0 Å². The molecule has 0 spiro atoms. The zero-order valence-electron chi connectivity index (χ0n) is 10.5. The number of ketones is 1. The average Bonchev–Trinajstić information content (AvgIpc) is 2.25. The van der Waals surface area contributed by atoms with E-state index in [1.165, 1.54) is 6.07 Å². The molecule has 1 aliphatic rings. The molecule has 1 atom stereocenters. The number of carbonyl (C=O) groups is 1. The van der Waals surface area contributed by atoms with Gasteiger partial charge in [-0.1, -0.05) is 12.1 Å². The number of benzene rings is 2. The molecule has 0 aromatic heterocycles. The molecule has 0 bridgehead atoms. The summed E-state index contributed by atoms with van der Waals surface area (Å²) in [4.78, 5) is 12.1. The number of aliphatic hydroxyl groups is 1. The number of phenols is 2. The number of phenolic OH excluding ortho intramolecular Hbond substituents is 2. The minimum absolute atomic E-state index is 0.0212. The van der Waals surface area contributed by atoms with Crippen molar-refractivity contribution < 1.29 is 20.1 Å². The van der Waals surface area contributed by atoms with Crippen LogP contribution in [0.1, 0.15) is 29.3 Å². The summed E-state index contributed by atoms with van der Waals surface area (Å²) in [5, 5.41) is 31.1. The van der Waals surface area contributed by atoms with Gasteiger partial charge in [-0.2, -0.15) is 0 Å². The van der Waals surface area contributed by atoms with Crippen molar-refractivity contribution in [3.8, 4) is 11.5 Å². The number of rotatable bonds is 0. The van der Waals surface area contributed by atoms with Crippen LogP contribution in [-0.4, -0.2) is 26.7 Å². The van der Waals surface area contributed by atoms with Gasteiger partial charge in [0.2, 0.25) is 0 Å². The average molecular weight is 258 g/mol. The van der Waals surface area contributed by atoms with Gasteiger partial charge < -0.3 is 15.3 Å². The van der Waals surface area contributed by atoms with Gasteiger partial charge in [0.15, 0.2) is 5.78 Å². The third kappa shape index (κ3) is 1.76. The molecule has 4 heteroatoms. The van der Waals surface area contributed by atoms with Crippen molar-refractivity contribution in [3.05, 3.63) is 35.4 Å². The maximum atomic E-state index is 12.1. The Morgan fingerprint density at radius 2 is 1.95 bits per heavy atom. The van der Waals surface area contributed by atoms with Crippen LogP contribution in [0.15, 0.2) is 24.3 Å². The van der Waals surface area contributed by atoms with Crippen LogP contribution in [0.3, 0.4) is 0 Å². The van der Waals surface area contributed by atoms with E-state index in [9.17, 15) is 20.1 Å². The second kappa shape index (κ2) is 3.71. The van der Waals surface area contributed by atoms with Crippen LogP contribution < -0.4 is 0 Å². The van der Waals surface area contributed by atoms with Gasteiger partial charge in [0, 0.05) is 12.8 Å². The monoisotopic (exact) mass is 258 g/mol. The predicted octanol–water partition coefficient (Wildman–Crippen LogP) is 2.13. The van der Waals surface area contributed by atoms with Gasteiger partial charge in [-0.05, 0) is 30.0 Å². The van der Waals surface area contributed by atoms with Crippen molar-refractivity contribution in [1.82, 2.24) is 0 Å². The van der Waals surface area contributed by atoms with Gasteiger partial charge in [-0.3, -0.25) is 4.79 Å². The molecule has 3 rings (SSSR count). The lowest BCUT2D eigenvalue weighted by Crippen LogP contribution is -2.35. The van der Waals surface area contributed by atoms with E-state index in [1.807, 2.05) is 0 Å². The van der Waals surface area contributed by atoms with Gasteiger partial charge in [0.05, 0.1) is 16.6 Å². The summed E-state index contributed by atoms with van der Waals surface area (Å²) in [6.45, 7) is 1.61. The minimum atomic E-state index is -1.08. The molecule has 3 N–H and O–H groups in total. The number of Topliss-reactive ketones (excluding diaryl/α,β-unsaturated/α-hetero) is 1. The van der Waals surface area contributed by atoms with Crippen LogP contribution in [0.2, 0.25) is 0 Å². The Balaban J connectivity index is 2.37. The minimum Gasteiger partial charge on any atom is -0.507 e. The summed E-state index contributed by atoms with van der Waals surface area (Å²) in [6.07, 6.45) is 0.292. The highest BCUT2D eigenvalue weighted by molar-refractivity contribution is 6.08. The molecule has 0 aliphatic heterocycles. The molecule has 98 valence electrons. The first-order chi connectivity index (χ1) is 8.89. The number of aromatic hydroxyl groups is 2. The molecule has 0 amide bonds. The van der Waals surface area contributed by atoms with Gasteiger partial charge >= 0.3 is 0 Å². The molecule has 0 unspecified atom stereocenters. The Bertz CT molecular complexity index is 701. The quantitative estimate of drug-likeness (QED) is 0.676. The van der Waals surface area contributed by atoms with Crippen LogP contribution in [0.4, 0.5) is 0 Å². The molecule has 4 nitrogen and oxygen atoms in total. The van der Waals surface area contributed by atoms with Crippen molar-refractivity contribution in [2.45, 2.75) is 25.4 Å². The lowest BCUT2D eigenvalue weighted by atomic mass is 9.79. The molecule has 0 heterocycles. The van der Waals surface area contributed by atoms with E-state index in [1.54, 1.807) is 25.1 Å². The Morgan fingerprint density at radius 3 is 2.68 bits per heavy atom. The Kier molecular flexibility index (Phi) is 2.34. The van der Waals surface area contributed by atoms with Crippen LogP contribution in [0.5, 0.6) is 11.5 Å². The largest absolute Gasteiger partial charge is 0.507 e. The molecule has 1 aliphatic carbocycles. The number of fused-ring (bicyclic) bond motifs is 2. The topological polar surface area (TPSA) is 77.8 Å². The van der Waals surface area contributed by atoms with Gasteiger partial charge in [-0.25, -0.2) is 0 Å². The molecular formula is C15H14O4. The second-order valence-electron chi connectivity index (χ2n) is 5.41. The SMILES string of the molecule is C[C@]1(O)CC(=O)c2c(cc3cccc(O)c3c2O)C1. The normalized spacial score (nSPS) is 22.5. The third-order valence-corrected chi connectivity index (χ3v) is 3.59. The molecule has 2 aromatic carbocycles. The van der Waals surface area contributed by atoms with Gasteiger partial charge in [-0.15, -0.1) is 0 Å². The van der Waals surface area contributed by atoms with Crippen LogP contribution in [0, 0.1) is 0 Å². The third-order valence-electron chi connectivity index (χ3n) is 3.59. The molecule has 0 saturated heterocycles. The first kappa shape index (κ1) is 12.0. The summed E-state index contributed by atoms with van der Waals surface area (Å²) >= 11 is 0. The van der Waals surface area contributed by atoms with E-state index in [4.69, 9.17) is 0 Å². The molecule has 0 radical (unpaired) electrons. The summed E-state index contributed by atoms with van der Waals surface area (Å²) in [7, 11) is 0. The van der Waals surface area contributed by atoms with E-state index in [2.05, 4.69) is 0 Å². The lowest BCUT2D eigenvalue weighted by Gasteiger charge is -2.29. The Morgan fingerprint density at radius 1 is 1.21 bits per heavy atom. The highest BCUT2D eigenvalue weighted by atomic mass is 16.3. The zero-order valence-corrected chi connectivity index (χ0v) is 10.5. The summed E-state index contributed by atoms with van der Waals surface area (Å²) in [5.41, 5.74) is -0.238. The highest BCUT2D eigenvalue weighted by Gasteiger charge is 2.35. The summed E-state index contributed by atoms with van der Waals surface area (Å²) < 4.78 is 0. The van der Waals surface area contributed by atoms with E-state index < -0.39 is 5.60 Å².